The van der Waals surface area contributed by atoms with Crippen LogP contribution in [-0.4, -0.2) is 27.3 Å². The molecule has 1 atom stereocenters. The van der Waals surface area contributed by atoms with Crippen molar-refractivity contribution < 1.29 is 14.3 Å². The van der Waals surface area contributed by atoms with Gasteiger partial charge in [0.25, 0.3) is 11.5 Å². The first-order valence-electron chi connectivity index (χ1n) is 8.93. The summed E-state index contributed by atoms with van der Waals surface area (Å²) in [6.07, 6.45) is 1.72. The number of rotatable bonds is 6. The van der Waals surface area contributed by atoms with Crippen molar-refractivity contribution >= 4 is 17.5 Å². The van der Waals surface area contributed by atoms with E-state index in [0.717, 1.165) is 5.56 Å². The van der Waals surface area contributed by atoms with Crippen molar-refractivity contribution in [3.05, 3.63) is 81.9 Å². The van der Waals surface area contributed by atoms with Crippen LogP contribution in [0.25, 0.3) is 5.65 Å². The van der Waals surface area contributed by atoms with Gasteiger partial charge in [-0.05, 0) is 37.6 Å². The lowest BCUT2D eigenvalue weighted by molar-refractivity contribution is -0.145. The Kier molecular flexibility index (Phi) is 5.84. The summed E-state index contributed by atoms with van der Waals surface area (Å²) in [5.74, 6) is -0.729. The maximum absolute atomic E-state index is 12.2. The molecular weight excluding hydrogens is 358 g/mol. The second kappa shape index (κ2) is 8.47. The summed E-state index contributed by atoms with van der Waals surface area (Å²) in [4.78, 5) is 40.6. The average Bonchev–Trinajstić information content (AvgIpc) is 2.67. The smallest absolute Gasteiger partial charge is 0.308 e. The summed E-state index contributed by atoms with van der Waals surface area (Å²) in [5.41, 5.74) is 2.11. The molecule has 7 heteroatoms. The maximum atomic E-state index is 12.2. The van der Waals surface area contributed by atoms with Crippen LogP contribution in [0.5, 0.6) is 0 Å². The summed E-state index contributed by atoms with van der Waals surface area (Å²) in [6.45, 7) is 3.52. The molecule has 3 rings (SSSR count). The van der Waals surface area contributed by atoms with E-state index in [1.54, 1.807) is 43.5 Å². The number of aryl methyl sites for hydroxylation is 1. The van der Waals surface area contributed by atoms with Gasteiger partial charge in [0.2, 0.25) is 0 Å². The molecule has 0 bridgehead atoms. The highest BCUT2D eigenvalue weighted by Crippen LogP contribution is 2.05. The van der Waals surface area contributed by atoms with Crippen molar-refractivity contribution in [3.8, 4) is 0 Å². The summed E-state index contributed by atoms with van der Waals surface area (Å²) in [6, 6.07) is 13.3. The number of benzene rings is 1. The van der Waals surface area contributed by atoms with E-state index in [4.69, 9.17) is 4.74 Å². The number of hydrogen-bond donors (Lipinski definition) is 1. The van der Waals surface area contributed by atoms with Crippen molar-refractivity contribution in [1.29, 1.82) is 0 Å². The minimum Gasteiger partial charge on any atom is -0.459 e. The third-order valence-electron chi connectivity index (χ3n) is 4.13. The number of fused-ring (bicyclic) bond motifs is 1. The predicted octanol–water partition coefficient (Wildman–Crippen LogP) is 2.25. The van der Waals surface area contributed by atoms with Gasteiger partial charge < -0.3 is 10.1 Å². The molecule has 0 spiro atoms. The predicted molar refractivity (Wildman–Crippen MR) is 104 cm³/mol. The van der Waals surface area contributed by atoms with Crippen molar-refractivity contribution in [2.45, 2.75) is 32.9 Å². The molecule has 7 nitrogen and oxygen atoms in total. The van der Waals surface area contributed by atoms with Gasteiger partial charge >= 0.3 is 5.97 Å². The SMILES string of the molecule is Cc1ccc2nc(COC(=O)CC(C)NC(=O)c3ccccc3)cc(=O)n2c1. The van der Waals surface area contributed by atoms with E-state index in [9.17, 15) is 14.4 Å². The summed E-state index contributed by atoms with van der Waals surface area (Å²) in [5, 5.41) is 2.76. The molecule has 1 aromatic carbocycles. The topological polar surface area (TPSA) is 89.8 Å². The van der Waals surface area contributed by atoms with Crippen LogP contribution in [0.15, 0.2) is 59.5 Å². The number of pyridine rings is 1. The summed E-state index contributed by atoms with van der Waals surface area (Å²) < 4.78 is 6.66. The number of carbonyl (C=O) groups is 2. The fourth-order valence-corrected chi connectivity index (χ4v) is 2.74. The Morgan fingerprint density at radius 3 is 2.68 bits per heavy atom. The molecule has 1 amide bonds. The quantitative estimate of drug-likeness (QED) is 0.664. The van der Waals surface area contributed by atoms with Gasteiger partial charge in [-0.2, -0.15) is 0 Å². The third-order valence-corrected chi connectivity index (χ3v) is 4.13. The van der Waals surface area contributed by atoms with Crippen LogP contribution in [-0.2, 0) is 16.1 Å². The van der Waals surface area contributed by atoms with Crippen LogP contribution in [0.1, 0.15) is 35.0 Å². The molecule has 0 aliphatic carbocycles. The highest BCUT2D eigenvalue weighted by atomic mass is 16.5. The largest absolute Gasteiger partial charge is 0.459 e. The van der Waals surface area contributed by atoms with Gasteiger partial charge in [-0.1, -0.05) is 24.3 Å². The first kappa shape index (κ1) is 19.3. The van der Waals surface area contributed by atoms with Gasteiger partial charge in [0.15, 0.2) is 0 Å². The fraction of sp³-hybridized carbons (Fsp3) is 0.238. The van der Waals surface area contributed by atoms with Crippen molar-refractivity contribution in [2.75, 3.05) is 0 Å². The van der Waals surface area contributed by atoms with Gasteiger partial charge in [-0.3, -0.25) is 18.8 Å². The van der Waals surface area contributed by atoms with Gasteiger partial charge in [0.05, 0.1) is 12.1 Å². The second-order valence-corrected chi connectivity index (χ2v) is 6.63. The Labute approximate surface area is 162 Å². The third kappa shape index (κ3) is 4.82. The highest BCUT2D eigenvalue weighted by Gasteiger charge is 2.14. The minimum absolute atomic E-state index is 0.0182. The number of ether oxygens (including phenoxy) is 1. The first-order chi connectivity index (χ1) is 13.4. The van der Waals surface area contributed by atoms with Crippen LogP contribution in [0.3, 0.4) is 0 Å². The monoisotopic (exact) mass is 379 g/mol. The number of amides is 1. The van der Waals surface area contributed by atoms with Crippen LogP contribution in [0.4, 0.5) is 0 Å². The van der Waals surface area contributed by atoms with Crippen molar-refractivity contribution in [1.82, 2.24) is 14.7 Å². The van der Waals surface area contributed by atoms with E-state index in [1.807, 2.05) is 19.1 Å². The molecule has 0 fully saturated rings. The molecule has 0 radical (unpaired) electrons. The average molecular weight is 379 g/mol. The van der Waals surface area contributed by atoms with E-state index in [0.29, 0.717) is 16.9 Å². The van der Waals surface area contributed by atoms with E-state index in [-0.39, 0.29) is 24.5 Å². The molecule has 0 saturated heterocycles. The zero-order valence-electron chi connectivity index (χ0n) is 15.7. The van der Waals surface area contributed by atoms with Crippen molar-refractivity contribution in [2.24, 2.45) is 0 Å². The van der Waals surface area contributed by atoms with E-state index < -0.39 is 12.0 Å². The Morgan fingerprint density at radius 2 is 1.93 bits per heavy atom. The van der Waals surface area contributed by atoms with Crippen LogP contribution < -0.4 is 10.9 Å². The Hall–Kier alpha value is -3.48. The Morgan fingerprint density at radius 1 is 1.18 bits per heavy atom. The lowest BCUT2D eigenvalue weighted by Crippen LogP contribution is -2.34. The number of nitrogens with zero attached hydrogens (tertiary/aromatic N) is 2. The number of nitrogens with one attached hydrogen (secondary N) is 1. The van der Waals surface area contributed by atoms with Gasteiger partial charge in [-0.25, -0.2) is 4.98 Å². The Balaban J connectivity index is 1.55. The fourth-order valence-electron chi connectivity index (χ4n) is 2.74. The van der Waals surface area contributed by atoms with Gasteiger partial charge in [-0.15, -0.1) is 0 Å². The molecular formula is C21H21N3O4. The molecule has 1 unspecified atom stereocenters. The highest BCUT2D eigenvalue weighted by molar-refractivity contribution is 5.94. The second-order valence-electron chi connectivity index (χ2n) is 6.63. The number of carbonyl (C=O) groups excluding carboxylic acids is 2. The number of esters is 1. The van der Waals surface area contributed by atoms with Crippen LogP contribution in [0, 0.1) is 6.92 Å². The van der Waals surface area contributed by atoms with Crippen molar-refractivity contribution in [3.63, 3.8) is 0 Å². The van der Waals surface area contributed by atoms with E-state index >= 15 is 0 Å². The molecule has 0 saturated carbocycles. The maximum Gasteiger partial charge on any atom is 0.308 e. The molecule has 2 aromatic heterocycles. The van der Waals surface area contributed by atoms with Gasteiger partial charge in [0.1, 0.15) is 12.3 Å². The van der Waals surface area contributed by atoms with Crippen LogP contribution in [0.2, 0.25) is 0 Å². The lowest BCUT2D eigenvalue weighted by atomic mass is 10.2. The molecule has 144 valence electrons. The number of hydrogen-bond acceptors (Lipinski definition) is 5. The molecule has 0 aliphatic rings. The summed E-state index contributed by atoms with van der Waals surface area (Å²) in [7, 11) is 0. The molecule has 28 heavy (non-hydrogen) atoms. The first-order valence-corrected chi connectivity index (χ1v) is 8.93. The zero-order valence-corrected chi connectivity index (χ0v) is 15.7. The molecule has 3 aromatic rings. The van der Waals surface area contributed by atoms with E-state index in [1.165, 1.54) is 10.5 Å². The van der Waals surface area contributed by atoms with Crippen LogP contribution >= 0.6 is 0 Å². The molecule has 2 heterocycles. The normalized spacial score (nSPS) is 11.8. The molecule has 0 aliphatic heterocycles. The van der Waals surface area contributed by atoms with Gasteiger partial charge in [0, 0.05) is 23.9 Å². The Bertz CT molecular complexity index is 1060. The molecule has 1 N–H and O–H groups in total. The zero-order chi connectivity index (χ0) is 20.1. The standard InChI is InChI=1S/C21H21N3O4/c1-14-8-9-18-23-17(11-19(25)24(18)12-14)13-28-20(26)10-15(2)22-21(27)16-6-4-3-5-7-16/h3-9,11-12,15H,10,13H2,1-2H3,(H,22,27). The van der Waals surface area contributed by atoms with E-state index in [2.05, 4.69) is 10.3 Å². The minimum atomic E-state index is -0.480. The summed E-state index contributed by atoms with van der Waals surface area (Å²) >= 11 is 0. The number of aromatic nitrogens is 2. The lowest BCUT2D eigenvalue weighted by Gasteiger charge is -2.13.